The molecule has 0 saturated heterocycles. The number of aromatic nitrogens is 3. The van der Waals surface area contributed by atoms with Gasteiger partial charge in [-0.3, -0.25) is 9.36 Å². The molecule has 1 N–H and O–H groups in total. The SMILES string of the molecule is CCC(C)CN(CC)c1nnc(SCC(=O)O)n1C(C)C. The van der Waals surface area contributed by atoms with Crippen LogP contribution < -0.4 is 4.90 Å². The van der Waals surface area contributed by atoms with Gasteiger partial charge in [-0.1, -0.05) is 32.0 Å². The number of rotatable bonds is 9. The molecule has 0 aliphatic heterocycles. The number of thioether (sulfide) groups is 1. The molecular weight excluding hydrogens is 288 g/mol. The smallest absolute Gasteiger partial charge is 0.313 e. The molecule has 1 aromatic heterocycles. The van der Waals surface area contributed by atoms with Crippen molar-refractivity contribution in [3.8, 4) is 0 Å². The molecule has 1 rings (SSSR count). The van der Waals surface area contributed by atoms with Crippen LogP contribution in [0.5, 0.6) is 0 Å². The van der Waals surface area contributed by atoms with Gasteiger partial charge in [0.25, 0.3) is 0 Å². The van der Waals surface area contributed by atoms with Crippen LogP contribution in [0.3, 0.4) is 0 Å². The minimum Gasteiger partial charge on any atom is -0.481 e. The minimum absolute atomic E-state index is 0.00232. The van der Waals surface area contributed by atoms with E-state index in [0.717, 1.165) is 25.5 Å². The van der Waals surface area contributed by atoms with Crippen LogP contribution in [0.25, 0.3) is 0 Å². The van der Waals surface area contributed by atoms with Gasteiger partial charge in [0.1, 0.15) is 0 Å². The molecule has 0 bridgehead atoms. The Labute approximate surface area is 130 Å². The van der Waals surface area contributed by atoms with Crippen LogP contribution in [-0.4, -0.2) is 44.7 Å². The lowest BCUT2D eigenvalue weighted by atomic mass is 10.1. The van der Waals surface area contributed by atoms with Crippen molar-refractivity contribution in [1.29, 1.82) is 0 Å². The number of hydrogen-bond acceptors (Lipinski definition) is 5. The maximum Gasteiger partial charge on any atom is 0.313 e. The molecule has 1 unspecified atom stereocenters. The number of hydrogen-bond donors (Lipinski definition) is 1. The highest BCUT2D eigenvalue weighted by Crippen LogP contribution is 2.26. The van der Waals surface area contributed by atoms with E-state index in [1.165, 1.54) is 11.8 Å². The van der Waals surface area contributed by atoms with Gasteiger partial charge in [0.05, 0.1) is 5.75 Å². The first-order valence-electron chi connectivity index (χ1n) is 7.45. The van der Waals surface area contributed by atoms with E-state index in [0.29, 0.717) is 11.1 Å². The molecule has 0 saturated carbocycles. The Kier molecular flexibility index (Phi) is 7.01. The van der Waals surface area contributed by atoms with Crippen molar-refractivity contribution < 1.29 is 9.90 Å². The van der Waals surface area contributed by atoms with Crippen molar-refractivity contribution >= 4 is 23.7 Å². The van der Waals surface area contributed by atoms with Crippen LogP contribution in [-0.2, 0) is 4.79 Å². The third-order valence-corrected chi connectivity index (χ3v) is 4.31. The first-order chi connectivity index (χ1) is 9.90. The Morgan fingerprint density at radius 1 is 1.33 bits per heavy atom. The fourth-order valence-corrected chi connectivity index (χ4v) is 2.80. The normalized spacial score (nSPS) is 12.7. The first kappa shape index (κ1) is 17.8. The number of carboxylic acid groups (broad SMARTS) is 1. The van der Waals surface area contributed by atoms with E-state index in [9.17, 15) is 4.79 Å². The van der Waals surface area contributed by atoms with E-state index in [4.69, 9.17) is 5.11 Å². The Morgan fingerprint density at radius 3 is 2.48 bits per heavy atom. The average Bonchev–Trinajstić information content (AvgIpc) is 2.85. The van der Waals surface area contributed by atoms with Crippen molar-refractivity contribution in [3.05, 3.63) is 0 Å². The van der Waals surface area contributed by atoms with Gasteiger partial charge in [-0.05, 0) is 26.7 Å². The van der Waals surface area contributed by atoms with Crippen LogP contribution in [0.15, 0.2) is 5.16 Å². The molecule has 0 radical (unpaired) electrons. The highest BCUT2D eigenvalue weighted by atomic mass is 32.2. The van der Waals surface area contributed by atoms with Crippen LogP contribution in [0.1, 0.15) is 47.1 Å². The third-order valence-electron chi connectivity index (χ3n) is 3.38. The standard InChI is InChI=1S/C14H26N4O2S/c1-6-11(5)8-17(7-2)13-15-16-14(18(13)10(3)4)21-9-12(19)20/h10-11H,6-9H2,1-5H3,(H,19,20). The Balaban J connectivity index is 3.02. The molecule has 1 atom stereocenters. The third kappa shape index (κ3) is 4.91. The van der Waals surface area contributed by atoms with E-state index >= 15 is 0 Å². The number of nitrogens with zero attached hydrogens (tertiary/aromatic N) is 4. The number of carbonyl (C=O) groups is 1. The van der Waals surface area contributed by atoms with E-state index in [1.807, 2.05) is 4.57 Å². The fourth-order valence-electron chi connectivity index (χ4n) is 2.02. The van der Waals surface area contributed by atoms with Gasteiger partial charge in [-0.25, -0.2) is 0 Å². The van der Waals surface area contributed by atoms with Crippen LogP contribution in [0.2, 0.25) is 0 Å². The highest BCUT2D eigenvalue weighted by Gasteiger charge is 2.21. The maximum absolute atomic E-state index is 10.7. The second kappa shape index (κ2) is 8.26. The van der Waals surface area contributed by atoms with Gasteiger partial charge in [-0.2, -0.15) is 0 Å². The van der Waals surface area contributed by atoms with Gasteiger partial charge in [-0.15, -0.1) is 10.2 Å². The van der Waals surface area contributed by atoms with Crippen LogP contribution in [0, 0.1) is 5.92 Å². The molecule has 1 aromatic rings. The predicted octanol–water partition coefficient (Wildman–Crippen LogP) is 2.91. The summed E-state index contributed by atoms with van der Waals surface area (Å²) >= 11 is 1.22. The van der Waals surface area contributed by atoms with Crippen molar-refractivity contribution in [2.45, 2.75) is 52.2 Å². The molecule has 7 heteroatoms. The van der Waals surface area contributed by atoms with Crippen LogP contribution >= 0.6 is 11.8 Å². The summed E-state index contributed by atoms with van der Waals surface area (Å²) in [5, 5.41) is 18.0. The van der Waals surface area contributed by atoms with Gasteiger partial charge in [0, 0.05) is 19.1 Å². The number of aliphatic carboxylic acids is 1. The lowest BCUT2D eigenvalue weighted by Gasteiger charge is -2.26. The van der Waals surface area contributed by atoms with Crippen molar-refractivity contribution in [1.82, 2.24) is 14.8 Å². The van der Waals surface area contributed by atoms with Crippen molar-refractivity contribution in [2.75, 3.05) is 23.7 Å². The zero-order valence-electron chi connectivity index (χ0n) is 13.5. The predicted molar refractivity (Wildman–Crippen MR) is 86.1 cm³/mol. The molecule has 0 spiro atoms. The molecule has 0 amide bonds. The Morgan fingerprint density at radius 2 is 2.00 bits per heavy atom. The summed E-state index contributed by atoms with van der Waals surface area (Å²) in [7, 11) is 0. The summed E-state index contributed by atoms with van der Waals surface area (Å²) in [6, 6.07) is 0.192. The molecule has 21 heavy (non-hydrogen) atoms. The van der Waals surface area contributed by atoms with E-state index in [1.54, 1.807) is 0 Å². The number of anilines is 1. The topological polar surface area (TPSA) is 71.2 Å². The van der Waals surface area contributed by atoms with Gasteiger partial charge >= 0.3 is 5.97 Å². The summed E-state index contributed by atoms with van der Waals surface area (Å²) in [5.41, 5.74) is 0. The van der Waals surface area contributed by atoms with Crippen LogP contribution in [0.4, 0.5) is 5.95 Å². The summed E-state index contributed by atoms with van der Waals surface area (Å²) in [6.45, 7) is 12.4. The second-order valence-electron chi connectivity index (χ2n) is 5.48. The van der Waals surface area contributed by atoms with E-state index in [-0.39, 0.29) is 11.8 Å². The molecule has 1 heterocycles. The summed E-state index contributed by atoms with van der Waals surface area (Å²) < 4.78 is 2.03. The Hall–Kier alpha value is -1.24. The molecule has 0 aliphatic carbocycles. The Bertz CT molecular complexity index is 462. The van der Waals surface area contributed by atoms with Gasteiger partial charge in [0.15, 0.2) is 5.16 Å². The number of carboxylic acids is 1. The second-order valence-corrected chi connectivity index (χ2v) is 6.42. The summed E-state index contributed by atoms with van der Waals surface area (Å²) in [4.78, 5) is 13.0. The van der Waals surface area contributed by atoms with E-state index < -0.39 is 5.97 Å². The molecule has 6 nitrogen and oxygen atoms in total. The molecular formula is C14H26N4O2S. The summed E-state index contributed by atoms with van der Waals surface area (Å²) in [6.07, 6.45) is 1.12. The van der Waals surface area contributed by atoms with Crippen molar-refractivity contribution in [3.63, 3.8) is 0 Å². The fraction of sp³-hybridized carbons (Fsp3) is 0.786. The maximum atomic E-state index is 10.7. The quantitative estimate of drug-likeness (QED) is 0.707. The zero-order valence-corrected chi connectivity index (χ0v) is 14.4. The monoisotopic (exact) mass is 314 g/mol. The lowest BCUT2D eigenvalue weighted by molar-refractivity contribution is -0.133. The average molecular weight is 314 g/mol. The first-order valence-corrected chi connectivity index (χ1v) is 8.43. The lowest BCUT2D eigenvalue weighted by Crippen LogP contribution is -2.31. The summed E-state index contributed by atoms with van der Waals surface area (Å²) in [5.74, 6) is 0.576. The molecule has 0 aromatic carbocycles. The van der Waals surface area contributed by atoms with Crippen molar-refractivity contribution in [2.24, 2.45) is 5.92 Å². The molecule has 0 fully saturated rings. The highest BCUT2D eigenvalue weighted by molar-refractivity contribution is 7.99. The minimum atomic E-state index is -0.841. The molecule has 120 valence electrons. The van der Waals surface area contributed by atoms with Gasteiger partial charge < -0.3 is 10.0 Å². The largest absolute Gasteiger partial charge is 0.481 e. The molecule has 0 aliphatic rings. The zero-order chi connectivity index (χ0) is 16.0. The van der Waals surface area contributed by atoms with E-state index in [2.05, 4.69) is 49.7 Å². The van der Waals surface area contributed by atoms with Gasteiger partial charge in [0.2, 0.25) is 5.95 Å².